The van der Waals surface area contributed by atoms with Gasteiger partial charge >= 0.3 is 0 Å². The van der Waals surface area contributed by atoms with Crippen molar-refractivity contribution in [3.63, 3.8) is 0 Å². The lowest BCUT2D eigenvalue weighted by Crippen LogP contribution is -2.37. The van der Waals surface area contributed by atoms with Crippen LogP contribution < -0.4 is 20.9 Å². The van der Waals surface area contributed by atoms with E-state index in [9.17, 15) is 0 Å². The van der Waals surface area contributed by atoms with Gasteiger partial charge in [-0.3, -0.25) is 0 Å². The van der Waals surface area contributed by atoms with Gasteiger partial charge in [0.1, 0.15) is 6.33 Å². The first-order chi connectivity index (χ1) is 16.5. The number of rotatable bonds is 6. The summed E-state index contributed by atoms with van der Waals surface area (Å²) in [4.78, 5) is 17.6. The lowest BCUT2D eigenvalue weighted by Gasteiger charge is -2.25. The van der Waals surface area contributed by atoms with Gasteiger partial charge < -0.3 is 25.6 Å². The number of ether oxygens (including phenoxy) is 1. The van der Waals surface area contributed by atoms with Gasteiger partial charge in [0, 0.05) is 56.0 Å². The molecular weight excluding hydrogens is 430 g/mol. The number of nitrogens with two attached hydrogens (primary N) is 1. The van der Waals surface area contributed by atoms with Crippen LogP contribution in [0.5, 0.6) is 0 Å². The smallest absolute Gasteiger partial charge is 0.245 e. The predicted octanol–water partition coefficient (Wildman–Crippen LogP) is 2.95. The van der Waals surface area contributed by atoms with Gasteiger partial charge in [-0.1, -0.05) is 0 Å². The second kappa shape index (κ2) is 9.36. The summed E-state index contributed by atoms with van der Waals surface area (Å²) in [6, 6.07) is 15.7. The van der Waals surface area contributed by atoms with E-state index in [0.29, 0.717) is 24.8 Å². The number of nitrogens with one attached hydrogen (secondary N) is 1. The first-order valence-corrected chi connectivity index (χ1v) is 11.1. The Morgan fingerprint density at radius 1 is 1.00 bits per heavy atom. The lowest BCUT2D eigenvalue weighted by atomic mass is 10.1. The van der Waals surface area contributed by atoms with Gasteiger partial charge in [-0.05, 0) is 48.5 Å². The van der Waals surface area contributed by atoms with Crippen LogP contribution in [0.2, 0.25) is 0 Å². The number of hydrogen-bond donors (Lipinski definition) is 2. The van der Waals surface area contributed by atoms with E-state index in [2.05, 4.69) is 36.3 Å². The van der Waals surface area contributed by atoms with Crippen molar-refractivity contribution in [3.8, 4) is 16.9 Å². The van der Waals surface area contributed by atoms with Crippen molar-refractivity contribution in [2.75, 3.05) is 61.2 Å². The van der Waals surface area contributed by atoms with Crippen LogP contribution in [-0.2, 0) is 4.74 Å². The first-order valence-electron chi connectivity index (χ1n) is 11.1. The third-order valence-corrected chi connectivity index (χ3v) is 5.57. The molecule has 1 fully saturated rings. The van der Waals surface area contributed by atoms with Crippen LogP contribution in [0.25, 0.3) is 16.9 Å². The minimum Gasteiger partial charge on any atom is -0.399 e. The van der Waals surface area contributed by atoms with Crippen LogP contribution >= 0.6 is 0 Å². The molecule has 174 valence electrons. The third-order valence-electron chi connectivity index (χ3n) is 5.57. The summed E-state index contributed by atoms with van der Waals surface area (Å²) in [6.07, 6.45) is 3.47. The van der Waals surface area contributed by atoms with E-state index in [0.717, 1.165) is 47.4 Å². The molecule has 2 aromatic carbocycles. The largest absolute Gasteiger partial charge is 0.399 e. The van der Waals surface area contributed by atoms with Gasteiger partial charge in [0.2, 0.25) is 11.9 Å². The molecule has 0 unspecified atom stereocenters. The van der Waals surface area contributed by atoms with E-state index in [-0.39, 0.29) is 0 Å². The Labute approximate surface area is 198 Å². The van der Waals surface area contributed by atoms with Crippen molar-refractivity contribution >= 4 is 29.0 Å². The highest BCUT2D eigenvalue weighted by Crippen LogP contribution is 2.27. The maximum absolute atomic E-state index is 6.10. The number of anilines is 5. The van der Waals surface area contributed by atoms with Crippen molar-refractivity contribution in [2.24, 2.45) is 0 Å². The lowest BCUT2D eigenvalue weighted by molar-refractivity contribution is 0.122. The fraction of sp³-hybridized carbons (Fsp3) is 0.250. The number of nitrogen functional groups attached to an aromatic ring is 1. The zero-order valence-corrected chi connectivity index (χ0v) is 19.2. The second-order valence-electron chi connectivity index (χ2n) is 8.23. The van der Waals surface area contributed by atoms with Gasteiger partial charge in [0.15, 0.2) is 0 Å². The molecule has 2 aromatic heterocycles. The molecule has 0 aliphatic carbocycles. The van der Waals surface area contributed by atoms with Crippen LogP contribution in [0, 0.1) is 0 Å². The minimum atomic E-state index is 0.509. The van der Waals surface area contributed by atoms with Crippen LogP contribution in [0.4, 0.5) is 29.0 Å². The topological polar surface area (TPSA) is 110 Å². The fourth-order valence-electron chi connectivity index (χ4n) is 3.73. The molecule has 0 spiro atoms. The molecule has 5 rings (SSSR count). The van der Waals surface area contributed by atoms with E-state index in [1.54, 1.807) is 17.2 Å². The quantitative estimate of drug-likeness (QED) is 0.422. The highest BCUT2D eigenvalue weighted by molar-refractivity contribution is 5.72. The average molecular weight is 458 g/mol. The fourth-order valence-corrected chi connectivity index (χ4v) is 3.73. The molecule has 3 heterocycles. The van der Waals surface area contributed by atoms with Crippen molar-refractivity contribution in [1.82, 2.24) is 24.7 Å². The Kier molecular flexibility index (Phi) is 5.96. The predicted molar refractivity (Wildman–Crippen MR) is 134 cm³/mol. The Hall–Kier alpha value is -4.18. The highest BCUT2D eigenvalue weighted by atomic mass is 16.5. The molecule has 10 heteroatoms. The number of morpholine rings is 1. The molecule has 0 amide bonds. The zero-order chi connectivity index (χ0) is 23.5. The molecule has 1 saturated heterocycles. The molecule has 34 heavy (non-hydrogen) atoms. The Morgan fingerprint density at radius 3 is 2.56 bits per heavy atom. The SMILES string of the molecule is CN(C)c1cc(N)cc(-c2ccnc(Nc3ccc(-n4cnc(N5CCOCC5)n4)cc3)n2)c1. The van der Waals surface area contributed by atoms with E-state index in [1.165, 1.54) is 0 Å². The Bertz CT molecular complexity index is 1260. The van der Waals surface area contributed by atoms with Crippen molar-refractivity contribution < 1.29 is 4.74 Å². The van der Waals surface area contributed by atoms with Gasteiger partial charge in [0.25, 0.3) is 0 Å². The van der Waals surface area contributed by atoms with Crippen molar-refractivity contribution in [2.45, 2.75) is 0 Å². The monoisotopic (exact) mass is 457 g/mol. The summed E-state index contributed by atoms with van der Waals surface area (Å²) in [6.45, 7) is 3.01. The van der Waals surface area contributed by atoms with E-state index < -0.39 is 0 Å². The Balaban J connectivity index is 1.31. The second-order valence-corrected chi connectivity index (χ2v) is 8.23. The van der Waals surface area contributed by atoms with Crippen LogP contribution in [0.1, 0.15) is 0 Å². The van der Waals surface area contributed by atoms with E-state index in [4.69, 9.17) is 10.5 Å². The molecule has 0 radical (unpaired) electrons. The van der Waals surface area contributed by atoms with Gasteiger partial charge in [0.05, 0.1) is 24.6 Å². The van der Waals surface area contributed by atoms with Gasteiger partial charge in [-0.15, -0.1) is 5.10 Å². The summed E-state index contributed by atoms with van der Waals surface area (Å²) < 4.78 is 7.17. The minimum absolute atomic E-state index is 0.509. The molecule has 1 aliphatic heterocycles. The van der Waals surface area contributed by atoms with E-state index >= 15 is 0 Å². The average Bonchev–Trinajstić information content (AvgIpc) is 3.35. The summed E-state index contributed by atoms with van der Waals surface area (Å²) in [7, 11) is 3.97. The zero-order valence-electron chi connectivity index (χ0n) is 19.2. The van der Waals surface area contributed by atoms with Crippen LogP contribution in [0.3, 0.4) is 0 Å². The van der Waals surface area contributed by atoms with Crippen molar-refractivity contribution in [1.29, 1.82) is 0 Å². The maximum Gasteiger partial charge on any atom is 0.245 e. The molecule has 0 atom stereocenters. The van der Waals surface area contributed by atoms with Crippen LogP contribution in [-0.4, -0.2) is 65.1 Å². The summed E-state index contributed by atoms with van der Waals surface area (Å²) in [5.74, 6) is 1.23. The number of hydrogen-bond acceptors (Lipinski definition) is 9. The number of benzene rings is 2. The molecule has 10 nitrogen and oxygen atoms in total. The summed E-state index contributed by atoms with van der Waals surface area (Å²) in [5.41, 5.74) is 11.3. The number of aromatic nitrogens is 5. The summed E-state index contributed by atoms with van der Waals surface area (Å²) >= 11 is 0. The first kappa shape index (κ1) is 21.7. The molecule has 1 aliphatic rings. The molecule has 4 aromatic rings. The Morgan fingerprint density at radius 2 is 1.79 bits per heavy atom. The molecular formula is C24H27N9O. The number of nitrogens with zero attached hydrogens (tertiary/aromatic N) is 7. The van der Waals surface area contributed by atoms with Crippen LogP contribution in [0.15, 0.2) is 61.1 Å². The standard InChI is InChI=1S/C24H27N9O/c1-31(2)21-14-17(13-18(25)15-21)22-7-8-26-23(29-22)28-19-3-5-20(6-4-19)33-16-27-24(30-33)32-9-11-34-12-10-32/h3-8,13-16H,9-12,25H2,1-2H3,(H,26,28,29). The van der Waals surface area contributed by atoms with E-state index in [1.807, 2.05) is 61.5 Å². The maximum atomic E-state index is 6.10. The van der Waals surface area contributed by atoms with Crippen molar-refractivity contribution in [3.05, 3.63) is 61.1 Å². The normalized spacial score (nSPS) is 13.6. The molecule has 3 N–H and O–H groups in total. The summed E-state index contributed by atoms with van der Waals surface area (Å²) in [5, 5.41) is 7.88. The van der Waals surface area contributed by atoms with Gasteiger partial charge in [-0.2, -0.15) is 4.98 Å². The third kappa shape index (κ3) is 4.76. The molecule has 0 saturated carbocycles. The van der Waals surface area contributed by atoms with Gasteiger partial charge in [-0.25, -0.2) is 14.6 Å². The highest BCUT2D eigenvalue weighted by Gasteiger charge is 2.15. The molecule has 0 bridgehead atoms.